The molecule has 0 aromatic carbocycles. The van der Waals surface area contributed by atoms with Crippen molar-refractivity contribution in [1.29, 1.82) is 0 Å². The van der Waals surface area contributed by atoms with Crippen molar-refractivity contribution in [2.45, 2.75) is 40.2 Å². The summed E-state index contributed by atoms with van der Waals surface area (Å²) < 4.78 is 0. The third-order valence-corrected chi connectivity index (χ3v) is 2.67. The molecule has 0 aromatic heterocycles. The third-order valence-electron chi connectivity index (χ3n) is 2.21. The van der Waals surface area contributed by atoms with Gasteiger partial charge in [-0.25, -0.2) is 0 Å². The van der Waals surface area contributed by atoms with Crippen molar-refractivity contribution >= 4 is 28.6 Å². The summed E-state index contributed by atoms with van der Waals surface area (Å²) in [5, 5.41) is 0. The number of hydrogen-bond acceptors (Lipinski definition) is 3. The van der Waals surface area contributed by atoms with Crippen molar-refractivity contribution in [1.82, 2.24) is 4.90 Å². The first kappa shape index (κ1) is 14.8. The van der Waals surface area contributed by atoms with E-state index in [1.165, 1.54) is 5.70 Å². The van der Waals surface area contributed by atoms with E-state index in [0.29, 0.717) is 12.2 Å². The van der Waals surface area contributed by atoms with Gasteiger partial charge in [0.1, 0.15) is 0 Å². The molecule has 2 nitrogen and oxygen atoms in total. The van der Waals surface area contributed by atoms with Crippen LogP contribution in [0.15, 0.2) is 16.8 Å². The topological polar surface area (TPSA) is 15.6 Å². The highest BCUT2D eigenvalue weighted by atomic mass is 32.1. The molecule has 0 unspecified atom stereocenters. The van der Waals surface area contributed by atoms with Gasteiger partial charge < -0.3 is 4.90 Å². The van der Waals surface area contributed by atoms with Gasteiger partial charge in [-0.3, -0.25) is 4.99 Å². The molecule has 0 bridgehead atoms. The number of rotatable bonds is 6. The van der Waals surface area contributed by atoms with E-state index in [1.54, 1.807) is 0 Å². The van der Waals surface area contributed by atoms with Crippen molar-refractivity contribution < 1.29 is 0 Å². The monoisotopic (exact) mass is 241 g/mol. The van der Waals surface area contributed by atoms with E-state index in [4.69, 9.17) is 0 Å². The molecule has 0 rings (SSSR count). The summed E-state index contributed by atoms with van der Waals surface area (Å²) in [4.78, 5) is 6.56. The maximum absolute atomic E-state index is 4.36. The Balaban J connectivity index is 4.79. The molecule has 4 heteroatoms. The number of thiol groups is 1. The molecular formula is C11H21N2SSi. The Morgan fingerprint density at radius 1 is 1.53 bits per heavy atom. The lowest BCUT2D eigenvalue weighted by Crippen LogP contribution is -2.29. The Labute approximate surface area is 103 Å². The van der Waals surface area contributed by atoms with Crippen molar-refractivity contribution in [2.75, 3.05) is 12.0 Å². The first-order valence-electron chi connectivity index (χ1n) is 5.30. The van der Waals surface area contributed by atoms with Crippen molar-refractivity contribution in [3.05, 3.63) is 11.8 Å². The van der Waals surface area contributed by atoms with Gasteiger partial charge in [0, 0.05) is 23.6 Å². The Morgan fingerprint density at radius 3 is 2.47 bits per heavy atom. The van der Waals surface area contributed by atoms with Crippen LogP contribution in [0.3, 0.4) is 0 Å². The molecule has 0 aliphatic carbocycles. The first-order chi connectivity index (χ1) is 7.06. The summed E-state index contributed by atoms with van der Waals surface area (Å²) in [5.74, 6) is 0.749. The summed E-state index contributed by atoms with van der Waals surface area (Å²) in [5.41, 5.74) is 2.34. The molecule has 0 spiro atoms. The van der Waals surface area contributed by atoms with Gasteiger partial charge in [0.15, 0.2) is 0 Å². The van der Waals surface area contributed by atoms with Crippen molar-refractivity contribution in [2.24, 2.45) is 4.99 Å². The van der Waals surface area contributed by atoms with E-state index < -0.39 is 0 Å². The molecule has 0 aliphatic heterocycles. The predicted molar refractivity (Wildman–Crippen MR) is 72.9 cm³/mol. The van der Waals surface area contributed by atoms with Crippen LogP contribution in [0.1, 0.15) is 34.1 Å². The largest absolute Gasteiger partial charge is 0.363 e. The molecular weight excluding hydrogens is 220 g/mol. The van der Waals surface area contributed by atoms with Gasteiger partial charge >= 0.3 is 0 Å². The number of hydrogen-bond donors (Lipinski definition) is 1. The first-order valence-corrected chi connectivity index (χ1v) is 6.64. The standard InChI is InChI=1S/C11H21N2SSi/c1-5-11(6-10(4)12-7-15)13(8-14)9(2)3/h6,9,14H,5,7-8H2,1-4H3/b11-6-,12-10+. The van der Waals surface area contributed by atoms with Gasteiger partial charge in [0.05, 0.1) is 16.1 Å². The molecule has 0 fully saturated rings. The summed E-state index contributed by atoms with van der Waals surface area (Å²) in [6.07, 6.45) is 3.80. The fourth-order valence-corrected chi connectivity index (χ4v) is 2.14. The molecule has 0 saturated carbocycles. The van der Waals surface area contributed by atoms with Crippen molar-refractivity contribution in [3.8, 4) is 0 Å². The predicted octanol–water partition coefficient (Wildman–Crippen LogP) is 2.46. The number of allylic oxidation sites excluding steroid dienone is 2. The van der Waals surface area contributed by atoms with Gasteiger partial charge in [-0.15, -0.1) is 0 Å². The molecule has 0 aliphatic rings. The average Bonchev–Trinajstić information content (AvgIpc) is 2.17. The van der Waals surface area contributed by atoms with Crippen LogP contribution >= 0.6 is 12.6 Å². The zero-order valence-corrected chi connectivity index (χ0v) is 12.0. The van der Waals surface area contributed by atoms with Crippen LogP contribution in [-0.4, -0.2) is 38.9 Å². The minimum absolute atomic E-state index is 0.477. The maximum Gasteiger partial charge on any atom is 0.0610 e. The molecule has 0 heterocycles. The van der Waals surface area contributed by atoms with Gasteiger partial charge in [-0.05, 0) is 33.3 Å². The van der Waals surface area contributed by atoms with E-state index >= 15 is 0 Å². The number of nitrogens with zero attached hydrogens (tertiary/aromatic N) is 2. The summed E-state index contributed by atoms with van der Waals surface area (Å²) >= 11 is 4.36. The maximum atomic E-state index is 4.36. The fraction of sp³-hybridized carbons (Fsp3) is 0.727. The van der Waals surface area contributed by atoms with E-state index in [1.807, 2.05) is 6.92 Å². The number of aliphatic imine (C=N–C) groups is 1. The van der Waals surface area contributed by atoms with Crippen LogP contribution in [0.25, 0.3) is 0 Å². The van der Waals surface area contributed by atoms with Gasteiger partial charge in [0.25, 0.3) is 0 Å². The molecule has 0 atom stereocenters. The quantitative estimate of drug-likeness (QED) is 0.327. The second-order valence-corrected chi connectivity index (χ2v) is 4.25. The lowest BCUT2D eigenvalue weighted by Gasteiger charge is -2.29. The zero-order valence-electron chi connectivity index (χ0n) is 10.1. The van der Waals surface area contributed by atoms with Gasteiger partial charge in [0.2, 0.25) is 0 Å². The second-order valence-electron chi connectivity index (χ2n) is 3.65. The zero-order chi connectivity index (χ0) is 11.8. The molecule has 85 valence electrons. The van der Waals surface area contributed by atoms with Crippen LogP contribution in [0.2, 0.25) is 0 Å². The van der Waals surface area contributed by atoms with E-state index in [-0.39, 0.29) is 0 Å². The average molecular weight is 241 g/mol. The molecule has 3 radical (unpaired) electrons. The summed E-state index contributed by atoms with van der Waals surface area (Å²) in [7, 11) is 3.35. The molecule has 15 heavy (non-hydrogen) atoms. The second kappa shape index (κ2) is 7.99. The Kier molecular flexibility index (Phi) is 7.87. The Hall–Kier alpha value is -0.223. The van der Waals surface area contributed by atoms with E-state index in [9.17, 15) is 0 Å². The van der Waals surface area contributed by atoms with Gasteiger partial charge in [-0.1, -0.05) is 6.92 Å². The molecule has 0 aromatic rings. The summed E-state index contributed by atoms with van der Waals surface area (Å²) in [6.45, 7) is 8.53. The van der Waals surface area contributed by atoms with Crippen LogP contribution in [0, 0.1) is 0 Å². The van der Waals surface area contributed by atoms with E-state index in [2.05, 4.69) is 59.6 Å². The Morgan fingerprint density at radius 2 is 2.13 bits per heavy atom. The minimum Gasteiger partial charge on any atom is -0.363 e. The lowest BCUT2D eigenvalue weighted by molar-refractivity contribution is 0.324. The van der Waals surface area contributed by atoms with Crippen LogP contribution in [0.5, 0.6) is 0 Å². The molecule has 0 amide bonds. The normalized spacial score (nSPS) is 13.5. The fourth-order valence-electron chi connectivity index (χ4n) is 1.39. The molecule has 0 saturated heterocycles. The van der Waals surface area contributed by atoms with Crippen LogP contribution in [0.4, 0.5) is 0 Å². The SMILES string of the molecule is CC/C(=C/C(C)=N/C[Si])N(CS)C(C)C. The summed E-state index contributed by atoms with van der Waals surface area (Å²) in [6, 6.07) is 0.477. The smallest absolute Gasteiger partial charge is 0.0610 e. The molecule has 0 N–H and O–H groups in total. The Bertz CT molecular complexity index is 237. The third kappa shape index (κ3) is 5.42. The van der Waals surface area contributed by atoms with Crippen molar-refractivity contribution in [3.63, 3.8) is 0 Å². The highest BCUT2D eigenvalue weighted by Crippen LogP contribution is 2.14. The van der Waals surface area contributed by atoms with Crippen LogP contribution < -0.4 is 0 Å². The van der Waals surface area contributed by atoms with Gasteiger partial charge in [-0.2, -0.15) is 12.6 Å². The highest BCUT2D eigenvalue weighted by molar-refractivity contribution is 7.80. The van der Waals surface area contributed by atoms with E-state index in [0.717, 1.165) is 18.0 Å². The highest BCUT2D eigenvalue weighted by Gasteiger charge is 2.09. The minimum atomic E-state index is 0.477. The lowest BCUT2D eigenvalue weighted by atomic mass is 10.2. The van der Waals surface area contributed by atoms with Crippen LogP contribution in [-0.2, 0) is 0 Å².